The van der Waals surface area contributed by atoms with Crippen LogP contribution in [-0.2, 0) is 0 Å². The molecule has 2 nitrogen and oxygen atoms in total. The van der Waals surface area contributed by atoms with Crippen LogP contribution in [0.15, 0.2) is 36.7 Å². The molecule has 0 radical (unpaired) electrons. The van der Waals surface area contributed by atoms with E-state index in [1.807, 2.05) is 32.0 Å². The summed E-state index contributed by atoms with van der Waals surface area (Å²) in [7, 11) is 0. The highest BCUT2D eigenvalue weighted by molar-refractivity contribution is 5.57. The first-order valence-electron chi connectivity index (χ1n) is 5.25. The molecule has 2 aromatic heterocycles. The van der Waals surface area contributed by atoms with Crippen LogP contribution in [0.1, 0.15) is 25.5 Å². The molecule has 16 heavy (non-hydrogen) atoms. The standard InChI is InChI=1S/C13H13FN2/c1-9(2)13-11(14)7-10(8-16-13)12-5-3-4-6-15-12/h3-9H,1-2H3. The maximum atomic E-state index is 13.7. The van der Waals surface area contributed by atoms with Crippen molar-refractivity contribution < 1.29 is 4.39 Å². The molecule has 82 valence electrons. The van der Waals surface area contributed by atoms with Crippen molar-refractivity contribution in [2.75, 3.05) is 0 Å². The molecular weight excluding hydrogens is 203 g/mol. The fraction of sp³-hybridized carbons (Fsp3) is 0.231. The lowest BCUT2D eigenvalue weighted by atomic mass is 10.1. The number of nitrogens with zero attached hydrogens (tertiary/aromatic N) is 2. The Balaban J connectivity index is 2.43. The van der Waals surface area contributed by atoms with Gasteiger partial charge in [0.2, 0.25) is 0 Å². The third kappa shape index (κ3) is 2.08. The quantitative estimate of drug-likeness (QED) is 0.768. The highest BCUT2D eigenvalue weighted by atomic mass is 19.1. The Hall–Kier alpha value is -1.77. The van der Waals surface area contributed by atoms with Crippen LogP contribution in [0.3, 0.4) is 0 Å². The minimum Gasteiger partial charge on any atom is -0.257 e. The van der Waals surface area contributed by atoms with Gasteiger partial charge < -0.3 is 0 Å². The summed E-state index contributed by atoms with van der Waals surface area (Å²) in [5.41, 5.74) is 1.95. The van der Waals surface area contributed by atoms with E-state index in [0.717, 1.165) is 5.69 Å². The largest absolute Gasteiger partial charge is 0.257 e. The highest BCUT2D eigenvalue weighted by Crippen LogP contribution is 2.21. The van der Waals surface area contributed by atoms with Crippen molar-refractivity contribution in [2.45, 2.75) is 19.8 Å². The first-order chi connectivity index (χ1) is 7.68. The van der Waals surface area contributed by atoms with Crippen molar-refractivity contribution in [3.63, 3.8) is 0 Å². The summed E-state index contributed by atoms with van der Waals surface area (Å²) in [4.78, 5) is 8.30. The lowest BCUT2D eigenvalue weighted by molar-refractivity contribution is 0.585. The molecule has 0 unspecified atom stereocenters. The second-order valence-corrected chi connectivity index (χ2v) is 3.96. The van der Waals surface area contributed by atoms with Crippen LogP contribution in [0.2, 0.25) is 0 Å². The average Bonchev–Trinajstić information content (AvgIpc) is 2.29. The summed E-state index contributed by atoms with van der Waals surface area (Å²) in [5.74, 6) is -0.170. The topological polar surface area (TPSA) is 25.8 Å². The van der Waals surface area contributed by atoms with Crippen molar-refractivity contribution in [3.8, 4) is 11.3 Å². The Morgan fingerprint density at radius 1 is 1.19 bits per heavy atom. The maximum absolute atomic E-state index is 13.7. The molecule has 0 saturated carbocycles. The number of hydrogen-bond acceptors (Lipinski definition) is 2. The summed E-state index contributed by atoms with van der Waals surface area (Å²) < 4.78 is 13.7. The monoisotopic (exact) mass is 216 g/mol. The first kappa shape index (κ1) is 10.7. The molecule has 0 aliphatic rings. The van der Waals surface area contributed by atoms with Gasteiger partial charge in [0.05, 0.1) is 11.4 Å². The van der Waals surface area contributed by atoms with Gasteiger partial charge in [-0.2, -0.15) is 0 Å². The van der Waals surface area contributed by atoms with Gasteiger partial charge in [-0.15, -0.1) is 0 Å². The molecule has 0 amide bonds. The van der Waals surface area contributed by atoms with Gasteiger partial charge in [0.25, 0.3) is 0 Å². The molecule has 0 fully saturated rings. The van der Waals surface area contributed by atoms with Crippen LogP contribution in [0.4, 0.5) is 4.39 Å². The van der Waals surface area contributed by atoms with Gasteiger partial charge in [0, 0.05) is 18.0 Å². The van der Waals surface area contributed by atoms with Crippen LogP contribution in [0.25, 0.3) is 11.3 Å². The zero-order valence-corrected chi connectivity index (χ0v) is 9.31. The van der Waals surface area contributed by atoms with Crippen molar-refractivity contribution in [1.82, 2.24) is 9.97 Å². The molecule has 0 aliphatic heterocycles. The lowest BCUT2D eigenvalue weighted by Gasteiger charge is -2.07. The normalized spacial score (nSPS) is 10.8. The van der Waals surface area contributed by atoms with Gasteiger partial charge in [0.1, 0.15) is 5.82 Å². The van der Waals surface area contributed by atoms with Gasteiger partial charge in [-0.25, -0.2) is 4.39 Å². The fourth-order valence-corrected chi connectivity index (χ4v) is 1.55. The van der Waals surface area contributed by atoms with E-state index in [1.54, 1.807) is 12.4 Å². The molecule has 0 N–H and O–H groups in total. The molecule has 2 aromatic rings. The number of rotatable bonds is 2. The summed E-state index contributed by atoms with van der Waals surface area (Å²) in [6, 6.07) is 7.03. The lowest BCUT2D eigenvalue weighted by Crippen LogP contribution is -1.98. The third-order valence-corrected chi connectivity index (χ3v) is 2.38. The van der Waals surface area contributed by atoms with E-state index in [1.165, 1.54) is 6.07 Å². The molecule has 2 heterocycles. The van der Waals surface area contributed by atoms with Crippen molar-refractivity contribution in [2.24, 2.45) is 0 Å². The fourth-order valence-electron chi connectivity index (χ4n) is 1.55. The highest BCUT2D eigenvalue weighted by Gasteiger charge is 2.10. The van der Waals surface area contributed by atoms with E-state index in [4.69, 9.17) is 0 Å². The zero-order valence-electron chi connectivity index (χ0n) is 9.31. The minimum absolute atomic E-state index is 0.0952. The maximum Gasteiger partial charge on any atom is 0.145 e. The molecule has 0 saturated heterocycles. The Bertz CT molecular complexity index is 481. The Labute approximate surface area is 94.2 Å². The van der Waals surface area contributed by atoms with E-state index >= 15 is 0 Å². The Morgan fingerprint density at radius 3 is 2.56 bits per heavy atom. The number of halogens is 1. The van der Waals surface area contributed by atoms with Gasteiger partial charge in [0.15, 0.2) is 0 Å². The summed E-state index contributed by atoms with van der Waals surface area (Å²) in [6.45, 7) is 3.84. The molecule has 0 aliphatic carbocycles. The van der Waals surface area contributed by atoms with Crippen LogP contribution in [-0.4, -0.2) is 9.97 Å². The molecule has 0 bridgehead atoms. The van der Waals surface area contributed by atoms with E-state index < -0.39 is 0 Å². The SMILES string of the molecule is CC(C)c1ncc(-c2ccccn2)cc1F. The first-order valence-corrected chi connectivity index (χ1v) is 5.25. The van der Waals surface area contributed by atoms with Gasteiger partial charge >= 0.3 is 0 Å². The number of aromatic nitrogens is 2. The van der Waals surface area contributed by atoms with E-state index in [9.17, 15) is 4.39 Å². The zero-order chi connectivity index (χ0) is 11.5. The second kappa shape index (κ2) is 4.39. The molecule has 2 rings (SSSR count). The van der Waals surface area contributed by atoms with Gasteiger partial charge in [-0.3, -0.25) is 9.97 Å². The van der Waals surface area contributed by atoms with Gasteiger partial charge in [-0.1, -0.05) is 19.9 Å². The van der Waals surface area contributed by atoms with E-state index in [0.29, 0.717) is 11.3 Å². The molecule has 3 heteroatoms. The Morgan fingerprint density at radius 2 is 2.00 bits per heavy atom. The van der Waals surface area contributed by atoms with Crippen molar-refractivity contribution in [3.05, 3.63) is 48.2 Å². The van der Waals surface area contributed by atoms with Crippen LogP contribution in [0, 0.1) is 5.82 Å². The molecular formula is C13H13FN2. The minimum atomic E-state index is -0.266. The smallest absolute Gasteiger partial charge is 0.145 e. The second-order valence-electron chi connectivity index (χ2n) is 3.96. The number of hydrogen-bond donors (Lipinski definition) is 0. The third-order valence-electron chi connectivity index (χ3n) is 2.38. The van der Waals surface area contributed by atoms with Crippen LogP contribution < -0.4 is 0 Å². The Kier molecular flexibility index (Phi) is 2.95. The molecule has 0 spiro atoms. The molecule has 0 aromatic carbocycles. The number of pyridine rings is 2. The predicted octanol–water partition coefficient (Wildman–Crippen LogP) is 3.41. The van der Waals surface area contributed by atoms with Gasteiger partial charge in [-0.05, 0) is 24.1 Å². The summed E-state index contributed by atoms with van der Waals surface area (Å²) in [6.07, 6.45) is 3.35. The average molecular weight is 216 g/mol. The van der Waals surface area contributed by atoms with Crippen molar-refractivity contribution >= 4 is 0 Å². The van der Waals surface area contributed by atoms with Crippen molar-refractivity contribution in [1.29, 1.82) is 0 Å². The molecule has 0 atom stereocenters. The van der Waals surface area contributed by atoms with E-state index in [-0.39, 0.29) is 11.7 Å². The summed E-state index contributed by atoms with van der Waals surface area (Å²) in [5, 5.41) is 0. The predicted molar refractivity (Wildman–Crippen MR) is 61.5 cm³/mol. The summed E-state index contributed by atoms with van der Waals surface area (Å²) >= 11 is 0. The van der Waals surface area contributed by atoms with Crippen LogP contribution >= 0.6 is 0 Å². The van der Waals surface area contributed by atoms with E-state index in [2.05, 4.69) is 9.97 Å². The van der Waals surface area contributed by atoms with Crippen LogP contribution in [0.5, 0.6) is 0 Å².